The van der Waals surface area contributed by atoms with E-state index in [1.165, 1.54) is 0 Å². The Morgan fingerprint density at radius 3 is 2.64 bits per heavy atom. The molecule has 0 amide bonds. The molecule has 0 unspecified atom stereocenters. The molecule has 1 aromatic rings. The van der Waals surface area contributed by atoms with Crippen LogP contribution in [0.2, 0.25) is 0 Å². The molecule has 0 aliphatic carbocycles. The van der Waals surface area contributed by atoms with E-state index < -0.39 is 10.3 Å². The van der Waals surface area contributed by atoms with Crippen molar-refractivity contribution in [1.82, 2.24) is 15.4 Å². The normalized spacial score (nSPS) is 10.3. The Kier molecular flexibility index (Phi) is 3.97. The van der Waals surface area contributed by atoms with Crippen LogP contribution in [0.4, 0.5) is 0 Å². The van der Waals surface area contributed by atoms with Gasteiger partial charge in [-0.1, -0.05) is 5.21 Å². The molecule has 0 aliphatic heterocycles. The summed E-state index contributed by atoms with van der Waals surface area (Å²) in [5.41, 5.74) is 0. The predicted molar refractivity (Wildman–Crippen MR) is 37.3 cm³/mol. The summed E-state index contributed by atoms with van der Waals surface area (Å²) in [6.45, 7) is 0. The van der Waals surface area contributed by atoms with Crippen LogP contribution in [0.15, 0.2) is 6.20 Å². The third kappa shape index (κ3) is 4.32. The fraction of sp³-hybridized carbons (Fsp3) is 0. The molecule has 1 aromatic heterocycles. The summed E-state index contributed by atoms with van der Waals surface area (Å²) in [4.78, 5) is 0. The first-order valence-electron chi connectivity index (χ1n) is 2.16. The molecule has 0 fully saturated rings. The molecule has 11 heavy (non-hydrogen) atoms. The number of hydrogen-bond acceptors (Lipinski definition) is 5. The van der Waals surface area contributed by atoms with E-state index in [0.29, 0.717) is 0 Å². The molecule has 9 heteroatoms. The zero-order valence-corrected chi connectivity index (χ0v) is 5.50. The second-order valence-electron chi connectivity index (χ2n) is 1.40. The Morgan fingerprint density at radius 2 is 2.27 bits per heavy atom. The molecule has 0 atom stereocenters. The maximum atomic E-state index is 10.2. The van der Waals surface area contributed by atoms with Crippen LogP contribution in [0.1, 0.15) is 0 Å². The van der Waals surface area contributed by atoms with E-state index in [1.807, 2.05) is 0 Å². The number of aromatic nitrogens is 3. The second kappa shape index (κ2) is 4.02. The Labute approximate surface area is 84.9 Å². The van der Waals surface area contributed by atoms with Crippen LogP contribution in [0.25, 0.3) is 0 Å². The van der Waals surface area contributed by atoms with Gasteiger partial charge in [-0.15, -0.1) is 5.10 Å². The first-order valence-corrected chi connectivity index (χ1v) is 3.63. The summed E-state index contributed by atoms with van der Waals surface area (Å²) in [6, 6.07) is 0. The van der Waals surface area contributed by atoms with Crippen LogP contribution < -0.4 is 9.32 Å². The van der Waals surface area contributed by atoms with E-state index >= 15 is 0 Å². The third-order valence-electron chi connectivity index (χ3n) is 0.599. The van der Waals surface area contributed by atoms with Gasteiger partial charge in [0.15, 0.2) is 0 Å². The van der Waals surface area contributed by atoms with Gasteiger partial charge >= 0.3 is 39.9 Å². The zero-order valence-electron chi connectivity index (χ0n) is 4.68. The molecular formula is C2H5N4NaO3S. The van der Waals surface area contributed by atoms with Crippen molar-refractivity contribution in [2.75, 3.05) is 0 Å². The van der Waals surface area contributed by atoms with Gasteiger partial charge in [0.2, 0.25) is 0 Å². The summed E-state index contributed by atoms with van der Waals surface area (Å²) in [6.07, 6.45) is 1.09. The molecule has 7 nitrogen and oxygen atoms in total. The van der Waals surface area contributed by atoms with Crippen LogP contribution in [0.5, 0.6) is 5.88 Å². The van der Waals surface area contributed by atoms with Crippen LogP contribution in [0.3, 0.4) is 0 Å². The SMILES string of the molecule is NS(=O)(=O)Oc1cnn[nH]1.[NaH]. The number of nitrogens with one attached hydrogen (secondary N) is 1. The molecule has 1 rings (SSSR count). The van der Waals surface area contributed by atoms with Gasteiger partial charge in [0.05, 0.1) is 0 Å². The van der Waals surface area contributed by atoms with Gasteiger partial charge in [-0.3, -0.25) is 0 Å². The summed E-state index contributed by atoms with van der Waals surface area (Å²) >= 11 is 0. The number of hydrogen-bond donors (Lipinski definition) is 2. The summed E-state index contributed by atoms with van der Waals surface area (Å²) in [7, 11) is -3.96. The standard InChI is InChI=1S/C2H4N4O3S.Na.H/c3-10(7,8)9-2-1-4-6-5-2;;/h1H,(H2,3,7,8)(H,4,5,6);;. The van der Waals surface area contributed by atoms with Gasteiger partial charge in [-0.2, -0.15) is 13.6 Å². The Bertz CT molecular complexity index is 293. The van der Waals surface area contributed by atoms with Crippen molar-refractivity contribution in [3.05, 3.63) is 6.20 Å². The molecular weight excluding hydrogens is 183 g/mol. The first-order chi connectivity index (χ1) is 4.58. The van der Waals surface area contributed by atoms with E-state index in [4.69, 9.17) is 0 Å². The molecule has 0 bridgehead atoms. The van der Waals surface area contributed by atoms with Gasteiger partial charge in [-0.25, -0.2) is 5.10 Å². The molecule has 58 valence electrons. The summed E-state index contributed by atoms with van der Waals surface area (Å²) in [5.74, 6) is -0.109. The van der Waals surface area contributed by atoms with Crippen molar-refractivity contribution >= 4 is 39.9 Å². The van der Waals surface area contributed by atoms with Gasteiger partial charge in [0.25, 0.3) is 5.88 Å². The average Bonchev–Trinajstić information content (AvgIpc) is 2.12. The Morgan fingerprint density at radius 1 is 1.64 bits per heavy atom. The van der Waals surface area contributed by atoms with E-state index in [9.17, 15) is 8.42 Å². The number of rotatable bonds is 2. The molecule has 0 spiro atoms. The molecule has 0 aromatic carbocycles. The van der Waals surface area contributed by atoms with Crippen molar-refractivity contribution in [2.24, 2.45) is 5.14 Å². The van der Waals surface area contributed by atoms with E-state index in [-0.39, 0.29) is 35.4 Å². The zero-order chi connectivity index (χ0) is 7.61. The number of nitrogens with two attached hydrogens (primary N) is 1. The van der Waals surface area contributed by atoms with Crippen molar-refractivity contribution in [3.63, 3.8) is 0 Å². The van der Waals surface area contributed by atoms with Crippen molar-refractivity contribution in [1.29, 1.82) is 0 Å². The van der Waals surface area contributed by atoms with Crippen LogP contribution in [-0.2, 0) is 10.3 Å². The van der Waals surface area contributed by atoms with E-state index in [1.54, 1.807) is 0 Å². The van der Waals surface area contributed by atoms with Crippen molar-refractivity contribution in [3.8, 4) is 5.88 Å². The van der Waals surface area contributed by atoms with Crippen molar-refractivity contribution in [2.45, 2.75) is 0 Å². The van der Waals surface area contributed by atoms with Crippen LogP contribution in [-0.4, -0.2) is 53.4 Å². The number of aromatic amines is 1. The molecule has 0 saturated heterocycles. The molecule has 0 saturated carbocycles. The minimum absolute atomic E-state index is 0. The topological polar surface area (TPSA) is 111 Å². The number of H-pyrrole nitrogens is 1. The predicted octanol–water partition coefficient (Wildman–Crippen LogP) is -2.26. The van der Waals surface area contributed by atoms with Gasteiger partial charge < -0.3 is 4.18 Å². The van der Waals surface area contributed by atoms with Gasteiger partial charge in [-0.05, 0) is 0 Å². The van der Waals surface area contributed by atoms with Crippen LogP contribution >= 0.6 is 0 Å². The first kappa shape index (κ1) is 10.8. The maximum absolute atomic E-state index is 10.2. The molecule has 0 radical (unpaired) electrons. The number of nitrogens with zero attached hydrogens (tertiary/aromatic N) is 2. The van der Waals surface area contributed by atoms with Gasteiger partial charge in [0.1, 0.15) is 6.20 Å². The third-order valence-corrected chi connectivity index (χ3v) is 1.01. The Balaban J connectivity index is 0.000001000. The second-order valence-corrected chi connectivity index (χ2v) is 2.55. The minimum atomic E-state index is -3.96. The summed E-state index contributed by atoms with van der Waals surface area (Å²) in [5, 5.41) is 13.1. The molecule has 3 N–H and O–H groups in total. The molecule has 0 aliphatic rings. The average molecular weight is 188 g/mol. The fourth-order valence-electron chi connectivity index (χ4n) is 0.354. The van der Waals surface area contributed by atoms with Crippen molar-refractivity contribution < 1.29 is 12.6 Å². The van der Waals surface area contributed by atoms with E-state index in [2.05, 4.69) is 24.7 Å². The molecule has 1 heterocycles. The fourth-order valence-corrected chi connectivity index (χ4v) is 0.684. The van der Waals surface area contributed by atoms with Gasteiger partial charge in [0, 0.05) is 0 Å². The summed E-state index contributed by atoms with van der Waals surface area (Å²) < 4.78 is 24.5. The van der Waals surface area contributed by atoms with E-state index in [0.717, 1.165) is 6.20 Å². The van der Waals surface area contributed by atoms with Crippen LogP contribution in [0, 0.1) is 0 Å². The monoisotopic (exact) mass is 188 g/mol. The Hall–Kier alpha value is -0.150. The quantitative estimate of drug-likeness (QED) is 0.509.